The highest BCUT2D eigenvalue weighted by Crippen LogP contribution is 2.23. The van der Waals surface area contributed by atoms with Crippen molar-refractivity contribution in [2.45, 2.75) is 25.3 Å². The number of hydrogen-bond acceptors (Lipinski definition) is 4. The standard InChI is InChI=1S/C21H19N5O/c27-21-17-12-15(24-16-11-14-5-1-2-6-18(14)23-13-16)8-9-19(17)25-26(21)20-7-3-4-10-22-20/h1-7,10-11,13,15,24-25H,8-9,12H2. The van der Waals surface area contributed by atoms with Crippen LogP contribution in [0.15, 0.2) is 65.7 Å². The van der Waals surface area contributed by atoms with E-state index in [9.17, 15) is 4.79 Å². The van der Waals surface area contributed by atoms with E-state index in [4.69, 9.17) is 0 Å². The molecule has 3 heterocycles. The van der Waals surface area contributed by atoms with Gasteiger partial charge in [-0.3, -0.25) is 14.9 Å². The first-order valence-corrected chi connectivity index (χ1v) is 9.13. The van der Waals surface area contributed by atoms with Gasteiger partial charge < -0.3 is 5.32 Å². The van der Waals surface area contributed by atoms with Crippen LogP contribution in [-0.2, 0) is 12.8 Å². The number of H-pyrrole nitrogens is 1. The Bertz CT molecular complexity index is 1160. The summed E-state index contributed by atoms with van der Waals surface area (Å²) in [5.74, 6) is 0.625. The van der Waals surface area contributed by atoms with Gasteiger partial charge in [0.1, 0.15) is 0 Å². The molecule has 2 N–H and O–H groups in total. The summed E-state index contributed by atoms with van der Waals surface area (Å²) in [4.78, 5) is 21.6. The predicted octanol–water partition coefficient (Wildman–Crippen LogP) is 3.08. The molecule has 1 unspecified atom stereocenters. The third kappa shape index (κ3) is 2.89. The largest absolute Gasteiger partial charge is 0.381 e. The minimum Gasteiger partial charge on any atom is -0.381 e. The van der Waals surface area contributed by atoms with Crippen molar-refractivity contribution in [1.29, 1.82) is 0 Å². The Kier molecular flexibility index (Phi) is 3.74. The first-order chi connectivity index (χ1) is 13.3. The highest BCUT2D eigenvalue weighted by atomic mass is 16.1. The van der Waals surface area contributed by atoms with Gasteiger partial charge in [0.15, 0.2) is 5.82 Å². The van der Waals surface area contributed by atoms with Gasteiger partial charge in [-0.2, -0.15) is 0 Å². The van der Waals surface area contributed by atoms with Gasteiger partial charge in [0.05, 0.1) is 17.4 Å². The second kappa shape index (κ2) is 6.39. The number of pyridine rings is 2. The van der Waals surface area contributed by atoms with Gasteiger partial charge in [0.2, 0.25) is 0 Å². The van der Waals surface area contributed by atoms with E-state index in [0.29, 0.717) is 12.2 Å². The summed E-state index contributed by atoms with van der Waals surface area (Å²) >= 11 is 0. The maximum absolute atomic E-state index is 12.8. The van der Waals surface area contributed by atoms with Crippen LogP contribution in [0, 0.1) is 0 Å². The monoisotopic (exact) mass is 357 g/mol. The van der Waals surface area contributed by atoms with Gasteiger partial charge in [-0.25, -0.2) is 9.67 Å². The molecule has 1 aliphatic rings. The lowest BCUT2D eigenvalue weighted by atomic mass is 9.93. The van der Waals surface area contributed by atoms with Crippen LogP contribution in [0.25, 0.3) is 16.7 Å². The predicted molar refractivity (Wildman–Crippen MR) is 105 cm³/mol. The normalized spacial score (nSPS) is 16.2. The molecule has 1 aromatic carbocycles. The van der Waals surface area contributed by atoms with Crippen LogP contribution in [0.4, 0.5) is 5.69 Å². The molecule has 3 aromatic heterocycles. The van der Waals surface area contributed by atoms with Crippen LogP contribution in [0.1, 0.15) is 17.7 Å². The molecule has 6 heteroatoms. The molecule has 1 aliphatic carbocycles. The zero-order valence-corrected chi connectivity index (χ0v) is 14.7. The number of anilines is 1. The summed E-state index contributed by atoms with van der Waals surface area (Å²) in [6.07, 6.45) is 6.04. The number of aromatic amines is 1. The third-order valence-corrected chi connectivity index (χ3v) is 5.11. The molecular formula is C21H19N5O. The molecule has 0 fully saturated rings. The van der Waals surface area contributed by atoms with E-state index < -0.39 is 0 Å². The molecule has 0 bridgehead atoms. The number of para-hydroxylation sites is 1. The van der Waals surface area contributed by atoms with Gasteiger partial charge in [-0.15, -0.1) is 0 Å². The molecule has 0 aliphatic heterocycles. The summed E-state index contributed by atoms with van der Waals surface area (Å²) < 4.78 is 1.55. The Morgan fingerprint density at radius 1 is 1.11 bits per heavy atom. The Labute approximate surface area is 155 Å². The van der Waals surface area contributed by atoms with Gasteiger partial charge in [0, 0.05) is 28.9 Å². The van der Waals surface area contributed by atoms with E-state index in [1.807, 2.05) is 42.6 Å². The number of rotatable bonds is 3. The molecule has 0 saturated heterocycles. The number of aromatic nitrogens is 4. The third-order valence-electron chi connectivity index (χ3n) is 5.11. The number of fused-ring (bicyclic) bond motifs is 2. The first kappa shape index (κ1) is 15.8. The fourth-order valence-corrected chi connectivity index (χ4v) is 3.76. The molecule has 1 atom stereocenters. The molecule has 0 spiro atoms. The van der Waals surface area contributed by atoms with E-state index in [1.54, 1.807) is 10.9 Å². The van der Waals surface area contributed by atoms with Crippen LogP contribution < -0.4 is 10.9 Å². The molecule has 4 aromatic rings. The number of aryl methyl sites for hydroxylation is 1. The summed E-state index contributed by atoms with van der Waals surface area (Å²) in [6, 6.07) is 15.9. The van der Waals surface area contributed by atoms with Crippen LogP contribution in [0.2, 0.25) is 0 Å². The summed E-state index contributed by atoms with van der Waals surface area (Å²) in [6.45, 7) is 0. The maximum atomic E-state index is 12.8. The summed E-state index contributed by atoms with van der Waals surface area (Å²) in [7, 11) is 0. The molecule has 0 amide bonds. The van der Waals surface area contributed by atoms with E-state index in [-0.39, 0.29) is 11.6 Å². The van der Waals surface area contributed by atoms with Gasteiger partial charge in [0.25, 0.3) is 5.56 Å². The zero-order valence-electron chi connectivity index (χ0n) is 14.7. The van der Waals surface area contributed by atoms with E-state index in [2.05, 4.69) is 32.5 Å². The lowest BCUT2D eigenvalue weighted by Gasteiger charge is -2.23. The van der Waals surface area contributed by atoms with Crippen molar-refractivity contribution in [2.75, 3.05) is 5.32 Å². The summed E-state index contributed by atoms with van der Waals surface area (Å²) in [5, 5.41) is 7.89. The van der Waals surface area contributed by atoms with Gasteiger partial charge in [-0.1, -0.05) is 24.3 Å². The number of benzene rings is 1. The zero-order chi connectivity index (χ0) is 18.2. The van der Waals surface area contributed by atoms with E-state index >= 15 is 0 Å². The number of hydrogen-bond donors (Lipinski definition) is 2. The van der Waals surface area contributed by atoms with Crippen molar-refractivity contribution in [3.63, 3.8) is 0 Å². The SMILES string of the molecule is O=c1c2c([nH]n1-c1ccccn1)CCC(Nc1cnc3ccccc3c1)C2. The Morgan fingerprint density at radius 3 is 2.89 bits per heavy atom. The lowest BCUT2D eigenvalue weighted by molar-refractivity contribution is 0.602. The lowest BCUT2D eigenvalue weighted by Crippen LogP contribution is -2.30. The van der Waals surface area contributed by atoms with Crippen molar-refractivity contribution in [3.05, 3.63) is 82.5 Å². The second-order valence-electron chi connectivity index (χ2n) is 6.90. The van der Waals surface area contributed by atoms with Crippen molar-refractivity contribution < 1.29 is 0 Å². The molecular weight excluding hydrogens is 338 g/mol. The number of nitrogens with one attached hydrogen (secondary N) is 2. The van der Waals surface area contributed by atoms with Crippen LogP contribution in [-0.4, -0.2) is 25.8 Å². The van der Waals surface area contributed by atoms with Gasteiger partial charge >= 0.3 is 0 Å². The van der Waals surface area contributed by atoms with E-state index in [1.165, 1.54) is 0 Å². The maximum Gasteiger partial charge on any atom is 0.276 e. The highest BCUT2D eigenvalue weighted by Gasteiger charge is 2.25. The molecule has 6 nitrogen and oxygen atoms in total. The molecule has 0 radical (unpaired) electrons. The minimum atomic E-state index is -0.00756. The average Bonchev–Trinajstić information content (AvgIpc) is 3.05. The Balaban J connectivity index is 1.40. The van der Waals surface area contributed by atoms with Crippen molar-refractivity contribution in [1.82, 2.24) is 19.7 Å². The molecule has 5 rings (SSSR count). The van der Waals surface area contributed by atoms with Gasteiger partial charge in [-0.05, 0) is 43.5 Å². The second-order valence-corrected chi connectivity index (χ2v) is 6.90. The first-order valence-electron chi connectivity index (χ1n) is 9.13. The molecule has 27 heavy (non-hydrogen) atoms. The highest BCUT2D eigenvalue weighted by molar-refractivity contribution is 5.81. The topological polar surface area (TPSA) is 75.6 Å². The van der Waals surface area contributed by atoms with E-state index in [0.717, 1.165) is 40.7 Å². The summed E-state index contributed by atoms with van der Waals surface area (Å²) in [5.41, 5.74) is 3.82. The van der Waals surface area contributed by atoms with Crippen molar-refractivity contribution in [3.8, 4) is 5.82 Å². The number of nitrogens with zero attached hydrogens (tertiary/aromatic N) is 3. The smallest absolute Gasteiger partial charge is 0.276 e. The van der Waals surface area contributed by atoms with Crippen molar-refractivity contribution >= 4 is 16.6 Å². The quantitative estimate of drug-likeness (QED) is 0.591. The molecule has 134 valence electrons. The Morgan fingerprint density at radius 2 is 2.00 bits per heavy atom. The van der Waals surface area contributed by atoms with Crippen molar-refractivity contribution in [2.24, 2.45) is 0 Å². The molecule has 0 saturated carbocycles. The van der Waals surface area contributed by atoms with Crippen LogP contribution in [0.3, 0.4) is 0 Å². The fourth-order valence-electron chi connectivity index (χ4n) is 3.76. The van der Waals surface area contributed by atoms with Crippen LogP contribution >= 0.6 is 0 Å². The minimum absolute atomic E-state index is 0.00756. The Hall–Kier alpha value is -3.41. The van der Waals surface area contributed by atoms with Crippen LogP contribution in [0.5, 0.6) is 0 Å². The average molecular weight is 357 g/mol. The fraction of sp³-hybridized carbons (Fsp3) is 0.190.